The van der Waals surface area contributed by atoms with Gasteiger partial charge in [-0.2, -0.15) is 0 Å². The fourth-order valence-corrected chi connectivity index (χ4v) is 6.54. The van der Waals surface area contributed by atoms with Crippen molar-refractivity contribution in [2.45, 2.75) is 206 Å². The molecule has 0 saturated heterocycles. The summed E-state index contributed by atoms with van der Waals surface area (Å²) < 4.78 is 32.6. The second-order valence-electron chi connectivity index (χ2n) is 14.5. The molecule has 0 saturated carbocycles. The Labute approximate surface area is 328 Å². The van der Waals surface area contributed by atoms with Gasteiger partial charge >= 0.3 is 25.7 Å². The van der Waals surface area contributed by atoms with E-state index in [2.05, 4.69) is 42.7 Å². The number of carbonyl (C=O) groups is 3. The molecule has 3 unspecified atom stereocenters. The van der Waals surface area contributed by atoms with Crippen molar-refractivity contribution in [3.8, 4) is 0 Å². The van der Waals surface area contributed by atoms with Gasteiger partial charge in [0, 0.05) is 12.8 Å². The summed E-state index contributed by atoms with van der Waals surface area (Å²) in [5.74, 6) is -2.40. The van der Waals surface area contributed by atoms with Crippen LogP contribution in [0.1, 0.15) is 194 Å². The van der Waals surface area contributed by atoms with E-state index in [9.17, 15) is 23.8 Å². The molecule has 12 heteroatoms. The second-order valence-corrected chi connectivity index (χ2v) is 15.9. The summed E-state index contributed by atoms with van der Waals surface area (Å²) in [6.07, 6.45) is 38.1. The van der Waals surface area contributed by atoms with E-state index in [1.807, 2.05) is 0 Å². The van der Waals surface area contributed by atoms with Crippen LogP contribution in [0.4, 0.5) is 0 Å². The molecule has 0 aromatic rings. The van der Waals surface area contributed by atoms with Gasteiger partial charge in [0.05, 0.1) is 13.2 Å². The number of hydrogen-bond donors (Lipinski definition) is 3. The number of allylic oxidation sites excluding steroid dienone is 4. The van der Waals surface area contributed by atoms with E-state index in [1.165, 1.54) is 77.0 Å². The van der Waals surface area contributed by atoms with E-state index in [4.69, 9.17) is 24.8 Å². The van der Waals surface area contributed by atoms with Crippen molar-refractivity contribution >= 4 is 25.7 Å². The van der Waals surface area contributed by atoms with E-state index in [0.717, 1.165) is 77.0 Å². The molecule has 54 heavy (non-hydrogen) atoms. The number of aliphatic carboxylic acids is 1. The van der Waals surface area contributed by atoms with Crippen molar-refractivity contribution in [1.82, 2.24) is 0 Å². The lowest BCUT2D eigenvalue weighted by Gasteiger charge is -2.20. The summed E-state index contributed by atoms with van der Waals surface area (Å²) in [5, 5.41) is 8.88. The van der Waals surface area contributed by atoms with Gasteiger partial charge in [-0.05, 0) is 64.2 Å². The van der Waals surface area contributed by atoms with Crippen LogP contribution in [0.3, 0.4) is 0 Å². The predicted octanol–water partition coefficient (Wildman–Crippen LogP) is 11.1. The fourth-order valence-electron chi connectivity index (χ4n) is 5.76. The smallest absolute Gasteiger partial charge is 0.472 e. The minimum atomic E-state index is -4.71. The molecule has 3 atom stereocenters. The van der Waals surface area contributed by atoms with E-state index in [0.29, 0.717) is 12.8 Å². The maximum atomic E-state index is 12.6. The number of carboxylic acids is 1. The third kappa shape index (κ3) is 36.9. The van der Waals surface area contributed by atoms with Crippen LogP contribution in [-0.4, -0.2) is 59.9 Å². The molecule has 0 spiro atoms. The number of phosphoric ester groups is 1. The summed E-state index contributed by atoms with van der Waals surface area (Å²) in [4.78, 5) is 45.9. The third-order valence-corrected chi connectivity index (χ3v) is 10.1. The van der Waals surface area contributed by atoms with Gasteiger partial charge in [-0.3, -0.25) is 23.4 Å². The van der Waals surface area contributed by atoms with Gasteiger partial charge in [-0.25, -0.2) is 4.57 Å². The lowest BCUT2D eigenvalue weighted by atomic mass is 10.1. The third-order valence-electron chi connectivity index (χ3n) is 9.17. The number of esters is 2. The first kappa shape index (κ1) is 52.0. The normalized spacial score (nSPS) is 14.0. The van der Waals surface area contributed by atoms with Crippen LogP contribution in [0.2, 0.25) is 0 Å². The maximum absolute atomic E-state index is 12.6. The number of rotatable bonds is 40. The zero-order chi connectivity index (χ0) is 40.0. The molecule has 0 aromatic carbocycles. The molecule has 316 valence electrons. The molecule has 0 aliphatic heterocycles. The highest BCUT2D eigenvalue weighted by atomic mass is 31.2. The number of carboxylic acid groups (broad SMARTS) is 1. The molecule has 4 N–H and O–H groups in total. The molecule has 0 aliphatic rings. The molecular weight excluding hydrogens is 709 g/mol. The van der Waals surface area contributed by atoms with Crippen molar-refractivity contribution in [3.63, 3.8) is 0 Å². The SMILES string of the molecule is CCCCCCC/C=C\CCCCCCCC(=O)OCC(COP(=O)(O)OCC(N)C(=O)O)OC(=O)CCCCCCC/C=C\CCCCCCCCC. The summed E-state index contributed by atoms with van der Waals surface area (Å²) >= 11 is 0. The second kappa shape index (κ2) is 37.9. The Kier molecular flexibility index (Phi) is 36.4. The maximum Gasteiger partial charge on any atom is 0.472 e. The van der Waals surface area contributed by atoms with Gasteiger partial charge in [-0.1, -0.05) is 141 Å². The van der Waals surface area contributed by atoms with Gasteiger partial charge in [-0.15, -0.1) is 0 Å². The van der Waals surface area contributed by atoms with Gasteiger partial charge in [0.2, 0.25) is 0 Å². The number of hydrogen-bond acceptors (Lipinski definition) is 9. The molecule has 0 radical (unpaired) electrons. The highest BCUT2D eigenvalue weighted by Gasteiger charge is 2.28. The first-order chi connectivity index (χ1) is 26.1. The molecule has 0 bridgehead atoms. The molecule has 0 amide bonds. The van der Waals surface area contributed by atoms with Crippen LogP contribution in [0.25, 0.3) is 0 Å². The van der Waals surface area contributed by atoms with E-state index >= 15 is 0 Å². The lowest BCUT2D eigenvalue weighted by molar-refractivity contribution is -0.161. The quantitative estimate of drug-likeness (QED) is 0.0233. The van der Waals surface area contributed by atoms with Gasteiger partial charge in [0.25, 0.3) is 0 Å². The summed E-state index contributed by atoms with van der Waals surface area (Å²) in [5.41, 5.74) is 5.33. The Morgan fingerprint density at radius 3 is 1.35 bits per heavy atom. The van der Waals surface area contributed by atoms with Gasteiger partial charge < -0.3 is 25.2 Å². The number of ether oxygens (including phenoxy) is 2. The zero-order valence-electron chi connectivity index (χ0n) is 34.1. The van der Waals surface area contributed by atoms with Crippen molar-refractivity contribution in [2.75, 3.05) is 19.8 Å². The Morgan fingerprint density at radius 2 is 0.926 bits per heavy atom. The van der Waals surface area contributed by atoms with Crippen molar-refractivity contribution in [2.24, 2.45) is 5.73 Å². The Hall–Kier alpha value is -2.04. The first-order valence-corrected chi connectivity index (χ1v) is 22.9. The minimum Gasteiger partial charge on any atom is -0.480 e. The molecule has 0 fully saturated rings. The molecule has 0 aromatic heterocycles. The van der Waals surface area contributed by atoms with Crippen LogP contribution in [0.5, 0.6) is 0 Å². The monoisotopic (exact) mass is 788 g/mol. The summed E-state index contributed by atoms with van der Waals surface area (Å²) in [6.45, 7) is 2.78. The number of phosphoric acid groups is 1. The number of unbranched alkanes of at least 4 members (excludes halogenated alkanes) is 22. The zero-order valence-corrected chi connectivity index (χ0v) is 35.0. The van der Waals surface area contributed by atoms with Crippen molar-refractivity contribution in [3.05, 3.63) is 24.3 Å². The van der Waals surface area contributed by atoms with Crippen LogP contribution in [0, 0.1) is 0 Å². The van der Waals surface area contributed by atoms with Crippen LogP contribution in [0.15, 0.2) is 24.3 Å². The van der Waals surface area contributed by atoms with E-state index in [-0.39, 0.29) is 19.4 Å². The highest BCUT2D eigenvalue weighted by Crippen LogP contribution is 2.43. The molecule has 0 rings (SSSR count). The van der Waals surface area contributed by atoms with E-state index < -0.39 is 51.1 Å². The van der Waals surface area contributed by atoms with Crippen molar-refractivity contribution in [1.29, 1.82) is 0 Å². The summed E-state index contributed by atoms with van der Waals surface area (Å²) in [7, 11) is -4.71. The predicted molar refractivity (Wildman–Crippen MR) is 217 cm³/mol. The fraction of sp³-hybridized carbons (Fsp3) is 0.833. The van der Waals surface area contributed by atoms with Crippen LogP contribution < -0.4 is 5.73 Å². The number of nitrogens with two attached hydrogens (primary N) is 1. The van der Waals surface area contributed by atoms with Gasteiger partial charge in [0.1, 0.15) is 12.6 Å². The van der Waals surface area contributed by atoms with E-state index in [1.54, 1.807) is 0 Å². The van der Waals surface area contributed by atoms with Crippen molar-refractivity contribution < 1.29 is 47.5 Å². The Morgan fingerprint density at radius 1 is 0.556 bits per heavy atom. The minimum absolute atomic E-state index is 0.151. The number of carbonyl (C=O) groups excluding carboxylic acids is 2. The highest BCUT2D eigenvalue weighted by molar-refractivity contribution is 7.47. The largest absolute Gasteiger partial charge is 0.480 e. The molecule has 11 nitrogen and oxygen atoms in total. The molecule has 0 heterocycles. The van der Waals surface area contributed by atoms with Gasteiger partial charge in [0.15, 0.2) is 6.10 Å². The lowest BCUT2D eigenvalue weighted by Crippen LogP contribution is -2.34. The average molecular weight is 788 g/mol. The summed E-state index contributed by atoms with van der Waals surface area (Å²) in [6, 6.07) is -1.52. The first-order valence-electron chi connectivity index (χ1n) is 21.4. The van der Waals surface area contributed by atoms with Crippen LogP contribution in [-0.2, 0) is 37.5 Å². The Bertz CT molecular complexity index is 1020. The molecular formula is C42H78NO10P. The standard InChI is InChI=1S/C42H78NO10P/c1-3-5-7-9-11-13-15-17-19-20-22-24-26-28-30-32-34-41(45)53-38(36-51-54(48,49)52-37-39(43)42(46)47)35-50-40(44)33-31-29-27-25-23-21-18-16-14-12-10-8-6-4-2/h16,18-20,38-39H,3-15,17,21-37,43H2,1-2H3,(H,46,47)(H,48,49)/b18-16-,20-19-. The average Bonchev–Trinajstić information content (AvgIpc) is 3.14. The Balaban J connectivity index is 4.40. The molecule has 0 aliphatic carbocycles. The topological polar surface area (TPSA) is 172 Å². The van der Waals surface area contributed by atoms with Crippen LogP contribution >= 0.6 is 7.82 Å².